The maximum Gasteiger partial charge on any atom is 0.227 e. The predicted molar refractivity (Wildman–Crippen MR) is 135 cm³/mol. The average Bonchev–Trinajstić information content (AvgIpc) is 2.81. The Labute approximate surface area is 205 Å². The Balaban J connectivity index is 1.38. The van der Waals surface area contributed by atoms with Crippen LogP contribution in [0.2, 0.25) is 5.02 Å². The summed E-state index contributed by atoms with van der Waals surface area (Å²) in [6, 6.07) is 21.9. The number of aryl methyl sites for hydroxylation is 1. The molecule has 0 unspecified atom stereocenters. The number of rotatable bonds is 7. The molecule has 0 aromatic heterocycles. The van der Waals surface area contributed by atoms with Gasteiger partial charge in [0.25, 0.3) is 0 Å². The summed E-state index contributed by atoms with van der Waals surface area (Å²) >= 11 is 6.15. The molecule has 3 aromatic rings. The molecule has 3 aromatic carbocycles. The number of nitrogens with zero attached hydrogens (tertiary/aromatic N) is 1. The van der Waals surface area contributed by atoms with Gasteiger partial charge < -0.3 is 10.1 Å². The standard InChI is InChI=1S/C26H27ClN2O4S/c1-19-6-5-7-20(16-19)18-34(31,32)29-14-12-21(13-15-29)26(30)28-24-17-22(27)10-11-25(24)33-23-8-3-2-4-9-23/h2-11,16-17,21H,12-15,18H2,1H3,(H,28,30). The smallest absolute Gasteiger partial charge is 0.227 e. The van der Waals surface area contributed by atoms with E-state index >= 15 is 0 Å². The van der Waals surface area contributed by atoms with Crippen LogP contribution >= 0.6 is 11.6 Å². The van der Waals surface area contributed by atoms with Crippen molar-refractivity contribution in [1.29, 1.82) is 0 Å². The first kappa shape index (κ1) is 24.3. The maximum absolute atomic E-state index is 13.0. The van der Waals surface area contributed by atoms with Crippen molar-refractivity contribution in [1.82, 2.24) is 4.31 Å². The summed E-state index contributed by atoms with van der Waals surface area (Å²) in [5, 5.41) is 3.40. The Morgan fingerprint density at radius 2 is 1.76 bits per heavy atom. The number of hydrogen-bond donors (Lipinski definition) is 1. The van der Waals surface area contributed by atoms with Crippen molar-refractivity contribution in [2.24, 2.45) is 5.92 Å². The van der Waals surface area contributed by atoms with Gasteiger partial charge >= 0.3 is 0 Å². The number of sulfonamides is 1. The monoisotopic (exact) mass is 498 g/mol. The molecule has 0 radical (unpaired) electrons. The number of ether oxygens (including phenoxy) is 1. The van der Waals surface area contributed by atoms with E-state index in [0.717, 1.165) is 11.1 Å². The van der Waals surface area contributed by atoms with Gasteiger partial charge in [0.1, 0.15) is 5.75 Å². The molecule has 0 atom stereocenters. The number of carbonyl (C=O) groups excluding carboxylic acids is 1. The van der Waals surface area contributed by atoms with E-state index in [1.54, 1.807) is 18.2 Å². The Kier molecular flexibility index (Phi) is 7.56. The van der Waals surface area contributed by atoms with Gasteiger partial charge in [-0.05, 0) is 55.7 Å². The molecule has 34 heavy (non-hydrogen) atoms. The summed E-state index contributed by atoms with van der Waals surface area (Å²) in [4.78, 5) is 13.0. The fraction of sp³-hybridized carbons (Fsp3) is 0.269. The van der Waals surface area contributed by atoms with E-state index in [1.165, 1.54) is 4.31 Å². The number of nitrogens with one attached hydrogen (secondary N) is 1. The minimum absolute atomic E-state index is 0.0335. The van der Waals surface area contributed by atoms with Crippen LogP contribution in [-0.2, 0) is 20.6 Å². The molecule has 0 aliphatic carbocycles. The second-order valence-corrected chi connectivity index (χ2v) is 10.9. The fourth-order valence-electron chi connectivity index (χ4n) is 4.04. The number of carbonyl (C=O) groups is 1. The van der Waals surface area contributed by atoms with Crippen molar-refractivity contribution in [3.05, 3.63) is 88.9 Å². The van der Waals surface area contributed by atoms with E-state index in [9.17, 15) is 13.2 Å². The molecule has 1 fully saturated rings. The van der Waals surface area contributed by atoms with Gasteiger partial charge in [0, 0.05) is 24.0 Å². The number of halogens is 1. The van der Waals surface area contributed by atoms with Crippen molar-refractivity contribution in [2.75, 3.05) is 18.4 Å². The first-order valence-electron chi connectivity index (χ1n) is 11.2. The Bertz CT molecular complexity index is 1260. The van der Waals surface area contributed by atoms with Crippen LogP contribution in [0.5, 0.6) is 11.5 Å². The highest BCUT2D eigenvalue weighted by molar-refractivity contribution is 7.88. The van der Waals surface area contributed by atoms with E-state index < -0.39 is 10.0 Å². The molecule has 1 amide bonds. The van der Waals surface area contributed by atoms with Crippen molar-refractivity contribution in [2.45, 2.75) is 25.5 Å². The molecule has 0 bridgehead atoms. The zero-order chi connectivity index (χ0) is 24.1. The van der Waals surface area contributed by atoms with Crippen LogP contribution in [0.3, 0.4) is 0 Å². The molecule has 1 saturated heterocycles. The van der Waals surface area contributed by atoms with E-state index in [2.05, 4.69) is 5.32 Å². The predicted octanol–water partition coefficient (Wildman–Crippen LogP) is 5.62. The summed E-state index contributed by atoms with van der Waals surface area (Å²) < 4.78 is 33.2. The fourth-order valence-corrected chi connectivity index (χ4v) is 5.76. The van der Waals surface area contributed by atoms with Gasteiger partial charge in [-0.25, -0.2) is 12.7 Å². The molecule has 4 rings (SSSR count). The summed E-state index contributed by atoms with van der Waals surface area (Å²) in [5.41, 5.74) is 2.28. The van der Waals surface area contributed by atoms with Gasteiger partial charge in [0.05, 0.1) is 11.4 Å². The summed E-state index contributed by atoms with van der Waals surface area (Å²) in [6.45, 7) is 2.57. The van der Waals surface area contributed by atoms with Crippen molar-refractivity contribution in [3.8, 4) is 11.5 Å². The zero-order valence-corrected chi connectivity index (χ0v) is 20.5. The number of para-hydroxylation sites is 1. The molecule has 6 nitrogen and oxygen atoms in total. The first-order chi connectivity index (χ1) is 16.3. The van der Waals surface area contributed by atoms with Crippen LogP contribution in [0.4, 0.5) is 5.69 Å². The number of piperidine rings is 1. The van der Waals surface area contributed by atoms with Crippen molar-refractivity contribution >= 4 is 33.2 Å². The van der Waals surface area contributed by atoms with Crippen molar-refractivity contribution < 1.29 is 17.9 Å². The molecule has 1 aliphatic heterocycles. The summed E-state index contributed by atoms with van der Waals surface area (Å²) in [7, 11) is -3.44. The Morgan fingerprint density at radius 1 is 1.03 bits per heavy atom. The quantitative estimate of drug-likeness (QED) is 0.458. The molecule has 1 heterocycles. The van der Waals surface area contributed by atoms with Crippen LogP contribution < -0.4 is 10.1 Å². The molecule has 0 spiro atoms. The average molecular weight is 499 g/mol. The van der Waals surface area contributed by atoms with Gasteiger partial charge in [0.15, 0.2) is 5.75 Å². The number of hydrogen-bond acceptors (Lipinski definition) is 4. The third kappa shape index (κ3) is 6.17. The minimum Gasteiger partial charge on any atom is -0.455 e. The highest BCUT2D eigenvalue weighted by atomic mass is 35.5. The van der Waals surface area contributed by atoms with Crippen LogP contribution in [0.25, 0.3) is 0 Å². The normalized spacial score (nSPS) is 15.1. The Morgan fingerprint density at radius 3 is 2.47 bits per heavy atom. The van der Waals surface area contributed by atoms with Crippen molar-refractivity contribution in [3.63, 3.8) is 0 Å². The number of amides is 1. The van der Waals surface area contributed by atoms with Crippen LogP contribution in [0.15, 0.2) is 72.8 Å². The zero-order valence-electron chi connectivity index (χ0n) is 18.9. The molecule has 178 valence electrons. The highest BCUT2D eigenvalue weighted by Crippen LogP contribution is 2.33. The third-order valence-corrected chi connectivity index (χ3v) is 7.91. The van der Waals surface area contributed by atoms with Crippen LogP contribution in [0, 0.1) is 12.8 Å². The van der Waals surface area contributed by atoms with E-state index in [4.69, 9.17) is 16.3 Å². The highest BCUT2D eigenvalue weighted by Gasteiger charge is 2.31. The van der Waals surface area contributed by atoms with Gasteiger partial charge in [-0.3, -0.25) is 4.79 Å². The lowest BCUT2D eigenvalue weighted by Gasteiger charge is -2.30. The second-order valence-electron chi connectivity index (χ2n) is 8.46. The number of benzene rings is 3. The molecule has 0 saturated carbocycles. The van der Waals surface area contributed by atoms with E-state index in [1.807, 2.05) is 61.5 Å². The topological polar surface area (TPSA) is 75.7 Å². The van der Waals surface area contributed by atoms with Gasteiger partial charge in [0.2, 0.25) is 15.9 Å². The molecular weight excluding hydrogens is 472 g/mol. The third-order valence-electron chi connectivity index (χ3n) is 5.82. The largest absolute Gasteiger partial charge is 0.455 e. The minimum atomic E-state index is -3.44. The molecule has 1 aliphatic rings. The lowest BCUT2D eigenvalue weighted by atomic mass is 9.97. The van der Waals surface area contributed by atoms with Gasteiger partial charge in [-0.2, -0.15) is 0 Å². The molecule has 8 heteroatoms. The van der Waals surface area contributed by atoms with E-state index in [0.29, 0.717) is 48.1 Å². The SMILES string of the molecule is Cc1cccc(CS(=O)(=O)N2CCC(C(=O)Nc3cc(Cl)ccc3Oc3ccccc3)CC2)c1. The summed E-state index contributed by atoms with van der Waals surface area (Å²) in [5.74, 6) is 0.633. The van der Waals surface area contributed by atoms with Crippen LogP contribution in [-0.4, -0.2) is 31.7 Å². The molecular formula is C26H27ClN2O4S. The number of anilines is 1. The lowest BCUT2D eigenvalue weighted by Crippen LogP contribution is -2.41. The summed E-state index contributed by atoms with van der Waals surface area (Å²) in [6.07, 6.45) is 0.905. The Hall–Kier alpha value is -2.87. The van der Waals surface area contributed by atoms with E-state index in [-0.39, 0.29) is 17.6 Å². The maximum atomic E-state index is 13.0. The second kappa shape index (κ2) is 10.6. The van der Waals surface area contributed by atoms with Gasteiger partial charge in [-0.15, -0.1) is 0 Å². The van der Waals surface area contributed by atoms with Crippen LogP contribution in [0.1, 0.15) is 24.0 Å². The molecule has 1 N–H and O–H groups in total. The lowest BCUT2D eigenvalue weighted by molar-refractivity contribution is -0.120. The first-order valence-corrected chi connectivity index (χ1v) is 13.2. The van der Waals surface area contributed by atoms with Gasteiger partial charge in [-0.1, -0.05) is 59.6 Å².